The van der Waals surface area contributed by atoms with Gasteiger partial charge in [0, 0.05) is 24.2 Å². The molecule has 0 amide bonds. The van der Waals surface area contributed by atoms with Gasteiger partial charge in [0.25, 0.3) is 0 Å². The van der Waals surface area contributed by atoms with Gasteiger partial charge in [-0.25, -0.2) is 4.98 Å². The van der Waals surface area contributed by atoms with Crippen molar-refractivity contribution in [3.05, 3.63) is 16.1 Å². The van der Waals surface area contributed by atoms with Gasteiger partial charge >= 0.3 is 0 Å². The van der Waals surface area contributed by atoms with Crippen molar-refractivity contribution >= 4 is 11.3 Å². The van der Waals surface area contributed by atoms with Gasteiger partial charge < -0.3 is 10.1 Å². The molecule has 0 radical (unpaired) electrons. The van der Waals surface area contributed by atoms with Crippen LogP contribution in [0.1, 0.15) is 56.3 Å². The fourth-order valence-corrected chi connectivity index (χ4v) is 3.86. The summed E-state index contributed by atoms with van der Waals surface area (Å²) in [4.78, 5) is 5.98. The lowest BCUT2D eigenvalue weighted by Crippen LogP contribution is -2.34. The molecule has 3 nitrogen and oxygen atoms in total. The fraction of sp³-hybridized carbons (Fsp3) is 0.800. The highest BCUT2D eigenvalue weighted by atomic mass is 32.1. The van der Waals surface area contributed by atoms with E-state index < -0.39 is 0 Å². The molecule has 0 aliphatic heterocycles. The van der Waals surface area contributed by atoms with Crippen LogP contribution in [-0.2, 0) is 16.9 Å². The first kappa shape index (κ1) is 14.9. The van der Waals surface area contributed by atoms with Crippen LogP contribution in [0.15, 0.2) is 6.20 Å². The van der Waals surface area contributed by atoms with Crippen molar-refractivity contribution in [2.24, 2.45) is 5.92 Å². The highest BCUT2D eigenvalue weighted by Gasteiger charge is 2.39. The monoisotopic (exact) mass is 282 g/mol. The van der Waals surface area contributed by atoms with Crippen LogP contribution >= 0.6 is 11.3 Å². The summed E-state index contributed by atoms with van der Waals surface area (Å²) in [6.07, 6.45) is 6.76. The van der Waals surface area contributed by atoms with Gasteiger partial charge in [-0.05, 0) is 45.1 Å². The topological polar surface area (TPSA) is 34.2 Å². The van der Waals surface area contributed by atoms with E-state index in [4.69, 9.17) is 4.74 Å². The van der Waals surface area contributed by atoms with Crippen LogP contribution in [0, 0.1) is 5.92 Å². The average molecular weight is 282 g/mol. The molecule has 1 aliphatic carbocycles. The SMILES string of the molecule is CCNCc1cnc(C2(OCC)CCC(C)CC2)s1. The Balaban J connectivity index is 2.12. The third-order valence-electron chi connectivity index (χ3n) is 4.00. The maximum Gasteiger partial charge on any atom is 0.125 e. The highest BCUT2D eigenvalue weighted by Crippen LogP contribution is 2.43. The van der Waals surface area contributed by atoms with Crippen LogP contribution in [0.25, 0.3) is 0 Å². The van der Waals surface area contributed by atoms with Crippen molar-refractivity contribution in [1.29, 1.82) is 0 Å². The summed E-state index contributed by atoms with van der Waals surface area (Å²) in [5, 5.41) is 4.55. The van der Waals surface area contributed by atoms with Crippen LogP contribution in [-0.4, -0.2) is 18.1 Å². The number of hydrogen-bond acceptors (Lipinski definition) is 4. The maximum absolute atomic E-state index is 6.15. The lowest BCUT2D eigenvalue weighted by molar-refractivity contribution is -0.0776. The Bertz CT molecular complexity index is 383. The molecule has 2 rings (SSSR count). The number of thiazole rings is 1. The Labute approximate surface area is 120 Å². The lowest BCUT2D eigenvalue weighted by Gasteiger charge is -2.37. The quantitative estimate of drug-likeness (QED) is 0.864. The highest BCUT2D eigenvalue weighted by molar-refractivity contribution is 7.11. The summed E-state index contributed by atoms with van der Waals surface area (Å²) in [7, 11) is 0. The Kier molecular flexibility index (Phi) is 5.37. The minimum atomic E-state index is -0.101. The largest absolute Gasteiger partial charge is 0.368 e. The molecule has 1 aromatic rings. The fourth-order valence-electron chi connectivity index (χ4n) is 2.77. The normalized spacial score (nSPS) is 27.6. The molecule has 0 saturated heterocycles. The molecule has 19 heavy (non-hydrogen) atoms. The summed E-state index contributed by atoms with van der Waals surface area (Å²) in [5.74, 6) is 0.828. The Morgan fingerprint density at radius 2 is 2.16 bits per heavy atom. The number of nitrogens with zero attached hydrogens (tertiary/aromatic N) is 1. The molecular weight excluding hydrogens is 256 g/mol. The smallest absolute Gasteiger partial charge is 0.125 e. The second kappa shape index (κ2) is 6.82. The first-order valence-electron chi connectivity index (χ1n) is 7.50. The minimum absolute atomic E-state index is 0.101. The molecule has 0 spiro atoms. The molecular formula is C15H26N2OS. The van der Waals surface area contributed by atoms with Gasteiger partial charge in [-0.1, -0.05) is 13.8 Å². The molecule has 0 atom stereocenters. The van der Waals surface area contributed by atoms with Crippen molar-refractivity contribution < 1.29 is 4.74 Å². The van der Waals surface area contributed by atoms with Crippen LogP contribution in [0.2, 0.25) is 0 Å². The van der Waals surface area contributed by atoms with Crippen LogP contribution < -0.4 is 5.32 Å². The summed E-state index contributed by atoms with van der Waals surface area (Å²) in [6, 6.07) is 0. The molecule has 0 aromatic carbocycles. The first-order chi connectivity index (χ1) is 9.20. The van der Waals surface area contributed by atoms with E-state index >= 15 is 0 Å². The summed E-state index contributed by atoms with van der Waals surface area (Å²) in [5.41, 5.74) is -0.101. The van der Waals surface area contributed by atoms with Crippen molar-refractivity contribution in [3.63, 3.8) is 0 Å². The number of rotatable bonds is 6. The summed E-state index contributed by atoms with van der Waals surface area (Å²) >= 11 is 1.82. The zero-order valence-electron chi connectivity index (χ0n) is 12.4. The molecule has 1 saturated carbocycles. The lowest BCUT2D eigenvalue weighted by atomic mass is 9.80. The number of ether oxygens (including phenoxy) is 1. The van der Waals surface area contributed by atoms with Crippen LogP contribution in [0.3, 0.4) is 0 Å². The maximum atomic E-state index is 6.15. The van der Waals surface area contributed by atoms with Crippen molar-refractivity contribution in [1.82, 2.24) is 10.3 Å². The van der Waals surface area contributed by atoms with Gasteiger partial charge in [-0.15, -0.1) is 11.3 Å². The molecule has 0 unspecified atom stereocenters. The second-order valence-electron chi connectivity index (χ2n) is 5.52. The molecule has 1 aliphatic rings. The van der Waals surface area contributed by atoms with E-state index in [9.17, 15) is 0 Å². The van der Waals surface area contributed by atoms with E-state index in [1.165, 1.54) is 22.7 Å². The van der Waals surface area contributed by atoms with E-state index in [0.717, 1.165) is 38.5 Å². The number of aromatic nitrogens is 1. The van der Waals surface area contributed by atoms with E-state index in [-0.39, 0.29) is 5.60 Å². The molecule has 1 N–H and O–H groups in total. The van der Waals surface area contributed by atoms with Gasteiger partial charge in [0.1, 0.15) is 10.6 Å². The number of nitrogens with one attached hydrogen (secondary N) is 1. The van der Waals surface area contributed by atoms with E-state index in [2.05, 4.69) is 31.1 Å². The van der Waals surface area contributed by atoms with Gasteiger partial charge in [0.05, 0.1) is 0 Å². The average Bonchev–Trinajstić information content (AvgIpc) is 2.89. The standard InChI is InChI=1S/C15H26N2OS/c1-4-16-10-13-11-17-14(19-13)15(18-5-2)8-6-12(3)7-9-15/h11-12,16H,4-10H2,1-3H3. The number of hydrogen-bond donors (Lipinski definition) is 1. The minimum Gasteiger partial charge on any atom is -0.368 e. The third kappa shape index (κ3) is 3.56. The molecule has 108 valence electrons. The van der Waals surface area contributed by atoms with Gasteiger partial charge in [0.2, 0.25) is 0 Å². The van der Waals surface area contributed by atoms with Crippen LogP contribution in [0.5, 0.6) is 0 Å². The Hall–Kier alpha value is -0.450. The van der Waals surface area contributed by atoms with Crippen molar-refractivity contribution in [3.8, 4) is 0 Å². The van der Waals surface area contributed by atoms with Crippen LogP contribution in [0.4, 0.5) is 0 Å². The van der Waals surface area contributed by atoms with E-state index in [1.807, 2.05) is 17.5 Å². The van der Waals surface area contributed by atoms with Gasteiger partial charge in [0.15, 0.2) is 0 Å². The molecule has 4 heteroatoms. The molecule has 1 heterocycles. The summed E-state index contributed by atoms with van der Waals surface area (Å²) in [6.45, 7) is 9.26. The second-order valence-corrected chi connectivity index (χ2v) is 6.64. The van der Waals surface area contributed by atoms with E-state index in [1.54, 1.807) is 0 Å². The molecule has 1 aromatic heterocycles. The Morgan fingerprint density at radius 1 is 1.42 bits per heavy atom. The predicted octanol–water partition coefficient (Wildman–Crippen LogP) is 3.69. The molecule has 0 bridgehead atoms. The first-order valence-corrected chi connectivity index (χ1v) is 8.31. The molecule has 1 fully saturated rings. The Morgan fingerprint density at radius 3 is 2.79 bits per heavy atom. The summed E-state index contributed by atoms with van der Waals surface area (Å²) < 4.78 is 6.15. The zero-order chi connectivity index (χ0) is 13.7. The van der Waals surface area contributed by atoms with Crippen molar-refractivity contribution in [2.45, 2.75) is 58.6 Å². The van der Waals surface area contributed by atoms with Crippen molar-refractivity contribution in [2.75, 3.05) is 13.2 Å². The van der Waals surface area contributed by atoms with Gasteiger partial charge in [-0.3, -0.25) is 0 Å². The van der Waals surface area contributed by atoms with Gasteiger partial charge in [-0.2, -0.15) is 0 Å². The third-order valence-corrected chi connectivity index (χ3v) is 5.18. The zero-order valence-corrected chi connectivity index (χ0v) is 13.2. The van der Waals surface area contributed by atoms with E-state index in [0.29, 0.717) is 0 Å². The predicted molar refractivity (Wildman–Crippen MR) is 80.4 cm³/mol.